The minimum atomic E-state index is 0.0615. The molecule has 0 spiro atoms. The molecule has 1 aromatic heterocycles. The van der Waals surface area contributed by atoms with Crippen molar-refractivity contribution in [1.29, 1.82) is 0 Å². The lowest BCUT2D eigenvalue weighted by molar-refractivity contribution is -0.588. The van der Waals surface area contributed by atoms with Gasteiger partial charge in [0.05, 0.1) is 16.5 Å². The smallest absolute Gasteiger partial charge is 0.156 e. The third kappa shape index (κ3) is 6.38. The van der Waals surface area contributed by atoms with Gasteiger partial charge in [-0.05, 0) is 67.2 Å². The fraction of sp³-hybridized carbons (Fsp3) is 0.432. The fourth-order valence-electron chi connectivity index (χ4n) is 4.95. The van der Waals surface area contributed by atoms with Crippen LogP contribution < -0.4 is 4.57 Å². The summed E-state index contributed by atoms with van der Waals surface area (Å²) < 4.78 is 2.32. The van der Waals surface area contributed by atoms with E-state index in [1.54, 1.807) is 11.3 Å². The van der Waals surface area contributed by atoms with Crippen molar-refractivity contribution in [3.8, 4) is 27.9 Å². The standard InChI is InChI=1S/C37H48NS/c1-34(2,3)27-18-25(19-28(22-27)35(4,5)6)31-14-13-15-32(33(31)38-16-17-39-24-38)26-20-29(36(7,8)9)23-30(21-26)37(10,11)12/h13-24H,1-12H3/q+1. The Labute approximate surface area is 242 Å². The molecule has 0 aliphatic rings. The predicted octanol–water partition coefficient (Wildman–Crippen LogP) is 10.5. The average Bonchev–Trinajstić information content (AvgIpc) is 3.35. The van der Waals surface area contributed by atoms with Crippen LogP contribution in [0.5, 0.6) is 0 Å². The van der Waals surface area contributed by atoms with E-state index in [0.29, 0.717) is 0 Å². The maximum absolute atomic E-state index is 2.41. The molecule has 1 heterocycles. The molecule has 0 fully saturated rings. The number of aromatic nitrogens is 1. The average molecular weight is 539 g/mol. The monoisotopic (exact) mass is 538 g/mol. The molecule has 0 saturated carbocycles. The highest BCUT2D eigenvalue weighted by atomic mass is 32.1. The summed E-state index contributed by atoms with van der Waals surface area (Å²) in [7, 11) is 0. The SMILES string of the molecule is CC(C)(C)c1cc(-c2cccc(-c3cc(C(C)(C)C)cc(C(C)(C)C)c3)c2-[n+]2ccsc2)cc(C(C)(C)C)c1. The van der Waals surface area contributed by atoms with Crippen LogP contribution in [-0.4, -0.2) is 0 Å². The minimum Gasteiger partial charge on any atom is -0.156 e. The zero-order valence-corrected chi connectivity index (χ0v) is 27.1. The van der Waals surface area contributed by atoms with Gasteiger partial charge in [0.25, 0.3) is 0 Å². The first-order chi connectivity index (χ1) is 17.9. The summed E-state index contributed by atoms with van der Waals surface area (Å²) in [5.41, 5.74) is 14.3. The molecule has 4 rings (SSSR count). The van der Waals surface area contributed by atoms with Gasteiger partial charge < -0.3 is 0 Å². The quantitative estimate of drug-likeness (QED) is 0.228. The topological polar surface area (TPSA) is 3.88 Å². The van der Waals surface area contributed by atoms with Gasteiger partial charge in [-0.15, -0.1) is 0 Å². The van der Waals surface area contributed by atoms with Gasteiger partial charge in [0, 0.05) is 0 Å². The van der Waals surface area contributed by atoms with Crippen LogP contribution in [0.15, 0.2) is 71.7 Å². The molecule has 4 aromatic rings. The molecule has 3 aromatic carbocycles. The van der Waals surface area contributed by atoms with Gasteiger partial charge in [0.15, 0.2) is 6.20 Å². The number of rotatable bonds is 3. The Bertz CT molecular complexity index is 1300. The highest BCUT2D eigenvalue weighted by molar-refractivity contribution is 7.07. The summed E-state index contributed by atoms with van der Waals surface area (Å²) in [4.78, 5) is 0. The zero-order valence-electron chi connectivity index (χ0n) is 26.3. The highest BCUT2D eigenvalue weighted by Crippen LogP contribution is 2.40. The van der Waals surface area contributed by atoms with Crippen molar-refractivity contribution in [2.75, 3.05) is 0 Å². The largest absolute Gasteiger partial charge is 0.230 e. The Kier molecular flexibility index (Phi) is 7.54. The van der Waals surface area contributed by atoms with Crippen LogP contribution in [0, 0.1) is 0 Å². The molecule has 206 valence electrons. The van der Waals surface area contributed by atoms with Crippen molar-refractivity contribution in [2.45, 2.75) is 105 Å². The summed E-state index contributed by atoms with van der Waals surface area (Å²) in [6, 6.07) is 21.3. The van der Waals surface area contributed by atoms with Gasteiger partial charge in [-0.3, -0.25) is 0 Å². The first kappa shape index (κ1) is 29.3. The normalized spacial score (nSPS) is 13.1. The Morgan fingerprint density at radius 2 is 0.872 bits per heavy atom. The van der Waals surface area contributed by atoms with Gasteiger partial charge in [-0.25, -0.2) is 0 Å². The lowest BCUT2D eigenvalue weighted by Crippen LogP contribution is -2.28. The van der Waals surface area contributed by atoms with Crippen molar-refractivity contribution in [3.05, 3.63) is 93.9 Å². The summed E-state index contributed by atoms with van der Waals surface area (Å²) in [6.45, 7) is 27.8. The molecule has 0 atom stereocenters. The molecule has 0 bridgehead atoms. The maximum atomic E-state index is 2.41. The van der Waals surface area contributed by atoms with E-state index in [-0.39, 0.29) is 21.7 Å². The Hall–Kier alpha value is -2.71. The number of nitrogens with zero attached hydrogens (tertiary/aromatic N) is 1. The second kappa shape index (κ2) is 10.0. The van der Waals surface area contributed by atoms with Gasteiger partial charge in [0.1, 0.15) is 0 Å². The first-order valence-corrected chi connectivity index (χ1v) is 15.2. The van der Waals surface area contributed by atoms with E-state index in [1.165, 1.54) is 50.2 Å². The van der Waals surface area contributed by atoms with E-state index in [4.69, 9.17) is 0 Å². The van der Waals surface area contributed by atoms with Gasteiger partial charge in [0.2, 0.25) is 11.2 Å². The predicted molar refractivity (Wildman–Crippen MR) is 172 cm³/mol. The van der Waals surface area contributed by atoms with Crippen LogP contribution in [-0.2, 0) is 21.7 Å². The molecule has 0 unspecified atom stereocenters. The zero-order chi connectivity index (χ0) is 29.0. The van der Waals surface area contributed by atoms with E-state index in [0.717, 1.165) is 0 Å². The van der Waals surface area contributed by atoms with Crippen LogP contribution in [0.1, 0.15) is 105 Å². The summed E-state index contributed by atoms with van der Waals surface area (Å²) in [6.07, 6.45) is 2.20. The summed E-state index contributed by atoms with van der Waals surface area (Å²) in [5, 5.41) is 2.17. The van der Waals surface area contributed by atoms with Crippen LogP contribution >= 0.6 is 11.3 Å². The summed E-state index contributed by atoms with van der Waals surface area (Å²) in [5.74, 6) is 0. The number of para-hydroxylation sites is 1. The molecule has 0 aliphatic carbocycles. The first-order valence-electron chi connectivity index (χ1n) is 14.3. The van der Waals surface area contributed by atoms with Gasteiger partial charge in [-0.2, -0.15) is 4.57 Å². The Balaban J connectivity index is 2.09. The van der Waals surface area contributed by atoms with E-state index < -0.39 is 0 Å². The van der Waals surface area contributed by atoms with Crippen molar-refractivity contribution in [1.82, 2.24) is 0 Å². The molecule has 0 saturated heterocycles. The molecule has 39 heavy (non-hydrogen) atoms. The van der Waals surface area contributed by atoms with Crippen LogP contribution in [0.4, 0.5) is 0 Å². The van der Waals surface area contributed by atoms with Gasteiger partial charge in [-0.1, -0.05) is 137 Å². The molecule has 1 nitrogen and oxygen atoms in total. The number of benzene rings is 3. The molecular weight excluding hydrogens is 490 g/mol. The third-order valence-corrected chi connectivity index (χ3v) is 8.35. The van der Waals surface area contributed by atoms with Crippen molar-refractivity contribution < 1.29 is 4.57 Å². The Morgan fingerprint density at radius 3 is 1.15 bits per heavy atom. The molecule has 0 radical (unpaired) electrons. The Morgan fingerprint density at radius 1 is 0.513 bits per heavy atom. The van der Waals surface area contributed by atoms with Gasteiger partial charge >= 0.3 is 0 Å². The molecule has 0 amide bonds. The molecule has 0 aliphatic heterocycles. The number of hydrogen-bond donors (Lipinski definition) is 0. The van der Waals surface area contributed by atoms with Crippen molar-refractivity contribution in [3.63, 3.8) is 0 Å². The number of thiazole rings is 1. The van der Waals surface area contributed by atoms with E-state index in [1.807, 2.05) is 0 Å². The second-order valence-corrected chi connectivity index (χ2v) is 16.0. The van der Waals surface area contributed by atoms with E-state index >= 15 is 0 Å². The van der Waals surface area contributed by atoms with E-state index in [9.17, 15) is 0 Å². The minimum absolute atomic E-state index is 0.0615. The highest BCUT2D eigenvalue weighted by Gasteiger charge is 2.27. The van der Waals surface area contributed by atoms with Crippen molar-refractivity contribution in [2.24, 2.45) is 0 Å². The lowest BCUT2D eigenvalue weighted by Gasteiger charge is -2.27. The fourth-order valence-corrected chi connectivity index (χ4v) is 5.53. The maximum Gasteiger partial charge on any atom is 0.230 e. The molecule has 0 N–H and O–H groups in total. The lowest BCUT2D eigenvalue weighted by atomic mass is 9.78. The second-order valence-electron chi connectivity index (χ2n) is 15.2. The third-order valence-electron chi connectivity index (χ3n) is 7.72. The van der Waals surface area contributed by atoms with E-state index in [2.05, 4.69) is 159 Å². The van der Waals surface area contributed by atoms with Crippen LogP contribution in [0.2, 0.25) is 0 Å². The van der Waals surface area contributed by atoms with Crippen molar-refractivity contribution >= 4 is 11.3 Å². The number of hydrogen-bond acceptors (Lipinski definition) is 1. The van der Waals surface area contributed by atoms with Crippen LogP contribution in [0.3, 0.4) is 0 Å². The molecular formula is C37H48NS+. The molecule has 2 heteroatoms. The van der Waals surface area contributed by atoms with Crippen LogP contribution in [0.25, 0.3) is 27.9 Å². The summed E-state index contributed by atoms with van der Waals surface area (Å²) >= 11 is 1.73.